The summed E-state index contributed by atoms with van der Waals surface area (Å²) in [4.78, 5) is 9.98. The van der Waals surface area contributed by atoms with Crippen LogP contribution in [0.5, 0.6) is 0 Å². The molecule has 0 unspecified atom stereocenters. The molecule has 346 valence electrons. The average molecular weight is 975 g/mol. The van der Waals surface area contributed by atoms with Crippen molar-refractivity contribution in [2.75, 3.05) is 0 Å². The summed E-state index contributed by atoms with van der Waals surface area (Å²) < 4.78 is 316. The van der Waals surface area contributed by atoms with E-state index in [2.05, 4.69) is 9.97 Å². The van der Waals surface area contributed by atoms with Gasteiger partial charge in [0.2, 0.25) is 0 Å². The molecular weight excluding hydrogens is 964 g/mol. The highest BCUT2D eigenvalue weighted by Gasteiger charge is 2.38. The topological polar surface area (TPSA) is 57.4 Å². The molecule has 4 nitrogen and oxygen atoms in total. The quantitative estimate of drug-likeness (QED) is 0.173. The van der Waals surface area contributed by atoms with Gasteiger partial charge in [0.25, 0.3) is 0 Å². The minimum atomic E-state index is -2.64. The lowest BCUT2D eigenvalue weighted by Crippen LogP contribution is -1.99. The fourth-order valence-corrected chi connectivity index (χ4v) is 7.67. The van der Waals surface area contributed by atoms with Crippen molar-refractivity contribution in [1.82, 2.24) is 19.9 Å². The van der Waals surface area contributed by atoms with Gasteiger partial charge in [-0.25, -0.2) is 97.8 Å². The van der Waals surface area contributed by atoms with Crippen LogP contribution in [0.2, 0.25) is 0 Å². The van der Waals surface area contributed by atoms with Crippen LogP contribution in [0.15, 0.2) is 48.5 Å². The third kappa shape index (κ3) is 6.70. The summed E-state index contributed by atoms with van der Waals surface area (Å²) in [7, 11) is 0. The fourth-order valence-electron chi connectivity index (χ4n) is 7.67. The van der Waals surface area contributed by atoms with Gasteiger partial charge in [-0.1, -0.05) is 0 Å². The Morgan fingerprint density at radius 1 is 0.235 bits per heavy atom. The smallest absolute Gasteiger partial charge is 0.187 e. The number of hydrogen-bond donors (Lipinski definition) is 2. The largest absolute Gasteiger partial charge is 0.349 e. The number of H-pyrrole nitrogens is 2. The van der Waals surface area contributed by atoms with Crippen molar-refractivity contribution in [1.29, 1.82) is 0 Å². The minimum absolute atomic E-state index is 0.199. The molecule has 0 atom stereocenters. The number of benzene rings is 4. The first-order valence-electron chi connectivity index (χ1n) is 18.3. The van der Waals surface area contributed by atoms with E-state index in [1.54, 1.807) is 9.97 Å². The van der Waals surface area contributed by atoms with Gasteiger partial charge in [-0.15, -0.1) is 0 Å². The molecule has 5 heterocycles. The summed E-state index contributed by atoms with van der Waals surface area (Å²) in [6.07, 6.45) is 0. The highest BCUT2D eigenvalue weighted by atomic mass is 19.2. The van der Waals surface area contributed by atoms with Crippen LogP contribution in [0.1, 0.15) is 22.8 Å². The number of nitrogens with one attached hydrogen (secondary N) is 2. The molecule has 0 aliphatic carbocycles. The molecule has 2 N–H and O–H groups in total. The maximum Gasteiger partial charge on any atom is 0.187 e. The number of fused-ring (bicyclic) bond motifs is 8. The molecule has 0 saturated heterocycles. The van der Waals surface area contributed by atoms with Gasteiger partial charge in [0.05, 0.1) is 44.3 Å². The lowest BCUT2D eigenvalue weighted by atomic mass is 10.0. The van der Waals surface area contributed by atoms with Gasteiger partial charge in [-0.3, -0.25) is 0 Å². The Hall–Kier alpha value is -7.92. The summed E-state index contributed by atoms with van der Waals surface area (Å²) >= 11 is 0. The number of nitrogens with zero attached hydrogens (tertiary/aromatic N) is 2. The minimum Gasteiger partial charge on any atom is -0.349 e. The predicted octanol–water partition coefficient (Wildman–Crippen LogP) is 14.7. The van der Waals surface area contributed by atoms with Gasteiger partial charge in [-0.2, -0.15) is 0 Å². The Morgan fingerprint density at radius 2 is 0.397 bits per heavy atom. The maximum absolute atomic E-state index is 16.6. The van der Waals surface area contributed by atoms with E-state index in [-0.39, 0.29) is 48.5 Å². The Bertz CT molecular complexity index is 3140. The number of rotatable bonds is 4. The normalized spacial score (nSPS) is 12.9. The van der Waals surface area contributed by atoms with Crippen LogP contribution in [-0.4, -0.2) is 19.9 Å². The molecule has 0 saturated carbocycles. The van der Waals surface area contributed by atoms with Gasteiger partial charge in [-0.05, 0) is 0 Å². The summed E-state index contributed by atoms with van der Waals surface area (Å²) in [5.41, 5.74) is -31.4. The first-order chi connectivity index (χ1) is 32.0. The van der Waals surface area contributed by atoms with E-state index in [0.29, 0.717) is 0 Å². The number of halogens is 20. The Balaban J connectivity index is 1.70. The highest BCUT2D eigenvalue weighted by molar-refractivity contribution is 6.05. The second kappa shape index (κ2) is 15.9. The summed E-state index contributed by atoms with van der Waals surface area (Å²) in [6.45, 7) is 0. The van der Waals surface area contributed by atoms with Crippen molar-refractivity contribution >= 4 is 45.4 Å². The second-order valence-corrected chi connectivity index (χ2v) is 14.4. The van der Waals surface area contributed by atoms with Crippen molar-refractivity contribution in [2.24, 2.45) is 0 Å². The molecule has 0 radical (unpaired) electrons. The summed E-state index contributed by atoms with van der Waals surface area (Å²) in [6, 6.07) is -1.59. The van der Waals surface area contributed by atoms with Gasteiger partial charge >= 0.3 is 0 Å². The number of aromatic nitrogens is 4. The lowest BCUT2D eigenvalue weighted by Gasteiger charge is -2.10. The molecule has 68 heavy (non-hydrogen) atoms. The van der Waals surface area contributed by atoms with Crippen molar-refractivity contribution in [3.05, 3.63) is 164 Å². The van der Waals surface area contributed by atoms with E-state index in [9.17, 15) is 17.6 Å². The van der Waals surface area contributed by atoms with Crippen molar-refractivity contribution in [2.45, 2.75) is 0 Å². The molecule has 3 aromatic heterocycles. The number of hydrogen-bond acceptors (Lipinski definition) is 2. The molecule has 0 amide bonds. The van der Waals surface area contributed by atoms with Crippen LogP contribution < -0.4 is 0 Å². The first-order valence-corrected chi connectivity index (χ1v) is 18.3. The molecular formula is C44H10F20N4. The van der Waals surface area contributed by atoms with E-state index < -0.39 is 206 Å². The fraction of sp³-hybridized carbons (Fsp3) is 0. The van der Waals surface area contributed by atoms with E-state index in [4.69, 9.17) is 0 Å². The zero-order valence-electron chi connectivity index (χ0n) is 32.1. The first kappa shape index (κ1) is 45.2. The molecule has 7 aromatic rings. The second-order valence-electron chi connectivity index (χ2n) is 14.4. The highest BCUT2D eigenvalue weighted by Crippen LogP contribution is 2.50. The van der Waals surface area contributed by atoms with E-state index in [0.717, 1.165) is 0 Å². The van der Waals surface area contributed by atoms with Crippen LogP contribution in [0.3, 0.4) is 0 Å². The monoisotopic (exact) mass is 974 g/mol. The van der Waals surface area contributed by atoms with Crippen molar-refractivity contribution in [3.63, 3.8) is 0 Å². The third-order valence-corrected chi connectivity index (χ3v) is 10.4. The lowest BCUT2D eigenvalue weighted by molar-refractivity contribution is 0.528. The zero-order valence-corrected chi connectivity index (χ0v) is 32.1. The van der Waals surface area contributed by atoms with Crippen LogP contribution in [0, 0.1) is 93.1 Å². The molecule has 9 rings (SSSR count). The van der Waals surface area contributed by atoms with Gasteiger partial charge in [0, 0.05) is 70.8 Å². The molecule has 8 bridgehead atoms. The molecule has 0 fully saturated rings. The number of aromatic amines is 2. The van der Waals surface area contributed by atoms with E-state index in [1.807, 2.05) is 0 Å². The van der Waals surface area contributed by atoms with Crippen LogP contribution in [0.25, 0.3) is 89.9 Å². The molecule has 4 aromatic carbocycles. The summed E-state index contributed by atoms with van der Waals surface area (Å²) in [5.74, 6) is -45.8. The molecule has 2 aliphatic heterocycles. The van der Waals surface area contributed by atoms with Gasteiger partial charge in [0.1, 0.15) is 92.6 Å². The zero-order chi connectivity index (χ0) is 49.3. The summed E-state index contributed by atoms with van der Waals surface area (Å²) in [5, 5.41) is 0. The molecule has 2 aliphatic rings. The van der Waals surface area contributed by atoms with Crippen molar-refractivity contribution < 1.29 is 87.8 Å². The van der Waals surface area contributed by atoms with Gasteiger partial charge in [0.15, 0.2) is 46.6 Å². The van der Waals surface area contributed by atoms with Crippen LogP contribution in [0.4, 0.5) is 87.8 Å². The third-order valence-electron chi connectivity index (χ3n) is 10.4. The van der Waals surface area contributed by atoms with Crippen molar-refractivity contribution in [3.8, 4) is 44.5 Å². The Labute approximate surface area is 361 Å². The maximum atomic E-state index is 16.6. The van der Waals surface area contributed by atoms with Gasteiger partial charge < -0.3 is 9.97 Å². The van der Waals surface area contributed by atoms with E-state index in [1.165, 1.54) is 0 Å². The van der Waals surface area contributed by atoms with Crippen LogP contribution >= 0.6 is 0 Å². The Morgan fingerprint density at radius 3 is 0.559 bits per heavy atom. The predicted molar refractivity (Wildman–Crippen MR) is 200 cm³/mol. The standard InChI is InChI=1S/C44H10F20N4/c45-9-1-13(49)21(14(50)2-9)25-37-29(57)31(59)39(65-37)26(22-15(51)3-10(46)4-16(22)52)41-33(61)35(63)43(67-41)28(24-19(55)7-12(48)8-20(24)56)44-36(64)34(62)42(68-44)27(40-32(60)30(58)38(25)66-40)23-17(53)5-11(47)6-18(23)54/h1-8,65,68H. The average Bonchev–Trinajstić information content (AvgIpc) is 3.90. The molecule has 0 spiro atoms. The SMILES string of the molecule is FC1=C(F)c2nc1c(-c1c(F)cc(F)cc1F)c1[nH]c(c(F)c1F)c(-c1c(F)cc(F)cc1F)c1nc(c(-c3c(F)cc(F)cc3F)c3[nH]c(c(F)c3F)c2-c2c(F)cc(F)cc2F)C(F)=C1F. The Kier molecular flexibility index (Phi) is 10.6. The molecule has 24 heteroatoms. The van der Waals surface area contributed by atoms with E-state index >= 15 is 70.2 Å². The van der Waals surface area contributed by atoms with Crippen LogP contribution in [-0.2, 0) is 0 Å².